The van der Waals surface area contributed by atoms with Gasteiger partial charge in [-0.2, -0.15) is 0 Å². The fraction of sp³-hybridized carbons (Fsp3) is 0.300. The molecule has 0 spiro atoms. The topological polar surface area (TPSA) is 34.1 Å². The Bertz CT molecular complexity index is 764. The van der Waals surface area contributed by atoms with Gasteiger partial charge in [0.15, 0.2) is 9.84 Å². The van der Waals surface area contributed by atoms with Crippen LogP contribution in [0, 0.1) is 0 Å². The lowest BCUT2D eigenvalue weighted by Gasteiger charge is -2.13. The van der Waals surface area contributed by atoms with Gasteiger partial charge in [-0.15, -0.1) is 0 Å². The highest BCUT2D eigenvalue weighted by Crippen LogP contribution is 2.32. The Balaban J connectivity index is 2.29. The van der Waals surface area contributed by atoms with E-state index in [1.165, 1.54) is 5.57 Å². The van der Waals surface area contributed by atoms with Gasteiger partial charge in [-0.3, -0.25) is 0 Å². The third-order valence-electron chi connectivity index (χ3n) is 3.79. The normalized spacial score (nSPS) is 12.8. The Hall–Kier alpha value is -1.52. The maximum absolute atomic E-state index is 12.8. The number of thioether (sulfide) groups is 1. The standard InChI is InChI=1S/C20H24O2S2/c1-3-4-11-17(2)20(23-18-12-7-5-8-13-18)16-24(21,22)19-14-9-6-10-15-19/h5-10,12-15H,3-4,11,16H2,1-2H3/b20-17+. The predicted octanol–water partition coefficient (Wildman–Crippen LogP) is 5.72. The molecule has 0 heterocycles. The highest BCUT2D eigenvalue weighted by atomic mass is 32.2. The number of hydrogen-bond donors (Lipinski definition) is 0. The van der Waals surface area contributed by atoms with Crippen LogP contribution in [-0.2, 0) is 9.84 Å². The van der Waals surface area contributed by atoms with E-state index < -0.39 is 9.84 Å². The van der Waals surface area contributed by atoms with E-state index in [4.69, 9.17) is 0 Å². The fourth-order valence-corrected chi connectivity index (χ4v) is 5.22. The van der Waals surface area contributed by atoms with Gasteiger partial charge in [0.05, 0.1) is 10.6 Å². The van der Waals surface area contributed by atoms with Gasteiger partial charge in [0, 0.05) is 9.80 Å². The SMILES string of the molecule is CCCC/C(C)=C(\CS(=O)(=O)c1ccccc1)Sc1ccccc1. The van der Waals surface area contributed by atoms with Crippen LogP contribution in [0.4, 0.5) is 0 Å². The van der Waals surface area contributed by atoms with Gasteiger partial charge < -0.3 is 0 Å². The minimum absolute atomic E-state index is 0.0616. The Morgan fingerprint density at radius 3 is 2.12 bits per heavy atom. The summed E-state index contributed by atoms with van der Waals surface area (Å²) >= 11 is 1.57. The van der Waals surface area contributed by atoms with Crippen molar-refractivity contribution in [1.29, 1.82) is 0 Å². The minimum atomic E-state index is -3.33. The summed E-state index contributed by atoms with van der Waals surface area (Å²) in [6.07, 6.45) is 3.12. The van der Waals surface area contributed by atoms with Crippen molar-refractivity contribution in [1.82, 2.24) is 0 Å². The molecule has 128 valence electrons. The summed E-state index contributed by atoms with van der Waals surface area (Å²) in [6, 6.07) is 18.7. The summed E-state index contributed by atoms with van der Waals surface area (Å²) < 4.78 is 25.5. The molecule has 0 unspecified atom stereocenters. The Morgan fingerprint density at radius 2 is 1.54 bits per heavy atom. The molecule has 2 aromatic carbocycles. The highest BCUT2D eigenvalue weighted by molar-refractivity contribution is 8.04. The second-order valence-electron chi connectivity index (χ2n) is 5.79. The predicted molar refractivity (Wildman–Crippen MR) is 103 cm³/mol. The average Bonchev–Trinajstić information content (AvgIpc) is 2.60. The summed E-state index contributed by atoms with van der Waals surface area (Å²) in [5, 5.41) is 0. The van der Waals surface area contributed by atoms with E-state index in [1.807, 2.05) is 36.4 Å². The zero-order valence-electron chi connectivity index (χ0n) is 14.2. The van der Waals surface area contributed by atoms with Crippen molar-refractivity contribution in [3.05, 3.63) is 71.1 Å². The first-order valence-corrected chi connectivity index (χ1v) is 10.7. The summed E-state index contributed by atoms with van der Waals surface area (Å²) in [7, 11) is -3.33. The third kappa shape index (κ3) is 5.53. The molecule has 2 aromatic rings. The number of allylic oxidation sites excluding steroid dienone is 1. The van der Waals surface area contributed by atoms with E-state index >= 15 is 0 Å². The van der Waals surface area contributed by atoms with Crippen molar-refractivity contribution in [2.75, 3.05) is 5.75 Å². The van der Waals surface area contributed by atoms with E-state index in [1.54, 1.807) is 36.0 Å². The molecule has 4 heteroatoms. The van der Waals surface area contributed by atoms with E-state index in [-0.39, 0.29) is 5.75 Å². The average molecular weight is 361 g/mol. The molecule has 24 heavy (non-hydrogen) atoms. The smallest absolute Gasteiger partial charge is 0.183 e. The van der Waals surface area contributed by atoms with Crippen LogP contribution in [0.1, 0.15) is 33.1 Å². The third-order valence-corrected chi connectivity index (χ3v) is 6.88. The van der Waals surface area contributed by atoms with E-state index in [0.717, 1.165) is 29.1 Å². The Kier molecular flexibility index (Phi) is 7.13. The summed E-state index contributed by atoms with van der Waals surface area (Å²) in [6.45, 7) is 4.21. The van der Waals surface area contributed by atoms with Crippen LogP contribution in [0.5, 0.6) is 0 Å². The zero-order valence-corrected chi connectivity index (χ0v) is 15.9. The molecule has 0 N–H and O–H groups in total. The van der Waals surface area contributed by atoms with Gasteiger partial charge in [-0.25, -0.2) is 8.42 Å². The molecule has 0 saturated heterocycles. The molecule has 0 bridgehead atoms. The van der Waals surface area contributed by atoms with Crippen molar-refractivity contribution >= 4 is 21.6 Å². The molecule has 0 fully saturated rings. The van der Waals surface area contributed by atoms with Crippen molar-refractivity contribution in [2.24, 2.45) is 0 Å². The van der Waals surface area contributed by atoms with Crippen molar-refractivity contribution in [3.8, 4) is 0 Å². The molecule has 2 nitrogen and oxygen atoms in total. The van der Waals surface area contributed by atoms with Gasteiger partial charge in [0.2, 0.25) is 0 Å². The van der Waals surface area contributed by atoms with Crippen LogP contribution >= 0.6 is 11.8 Å². The fourth-order valence-electron chi connectivity index (χ4n) is 2.34. The van der Waals surface area contributed by atoms with Crippen molar-refractivity contribution in [2.45, 2.75) is 42.9 Å². The molecule has 0 amide bonds. The quantitative estimate of drug-likeness (QED) is 0.565. The van der Waals surface area contributed by atoms with Crippen LogP contribution < -0.4 is 0 Å². The first-order chi connectivity index (χ1) is 11.5. The lowest BCUT2D eigenvalue weighted by Crippen LogP contribution is -2.09. The lowest BCUT2D eigenvalue weighted by atomic mass is 10.1. The molecule has 2 rings (SSSR count). The monoisotopic (exact) mass is 360 g/mol. The second kappa shape index (κ2) is 9.09. The van der Waals surface area contributed by atoms with Crippen LogP contribution in [-0.4, -0.2) is 14.2 Å². The van der Waals surface area contributed by atoms with Gasteiger partial charge >= 0.3 is 0 Å². The summed E-state index contributed by atoms with van der Waals surface area (Å²) in [5.41, 5.74) is 1.17. The van der Waals surface area contributed by atoms with Crippen LogP contribution in [0.25, 0.3) is 0 Å². The van der Waals surface area contributed by atoms with Gasteiger partial charge in [0.25, 0.3) is 0 Å². The highest BCUT2D eigenvalue weighted by Gasteiger charge is 2.19. The summed E-state index contributed by atoms with van der Waals surface area (Å²) in [4.78, 5) is 2.41. The maximum atomic E-state index is 12.8. The number of unbranched alkanes of at least 4 members (excludes halogenated alkanes) is 1. The molecule has 0 aliphatic carbocycles. The molecule has 0 radical (unpaired) electrons. The molecule has 0 aromatic heterocycles. The first-order valence-electron chi connectivity index (χ1n) is 8.22. The zero-order chi connectivity index (χ0) is 17.4. The number of benzene rings is 2. The summed E-state index contributed by atoms with van der Waals surface area (Å²) in [5.74, 6) is 0.0616. The molecule has 0 aliphatic heterocycles. The molecule has 0 saturated carbocycles. The van der Waals surface area contributed by atoms with Crippen LogP contribution in [0.15, 0.2) is 80.9 Å². The van der Waals surface area contributed by atoms with Gasteiger partial charge in [0.1, 0.15) is 0 Å². The van der Waals surface area contributed by atoms with Gasteiger partial charge in [-0.1, -0.05) is 67.1 Å². The van der Waals surface area contributed by atoms with E-state index in [9.17, 15) is 8.42 Å². The van der Waals surface area contributed by atoms with Crippen LogP contribution in [0.2, 0.25) is 0 Å². The van der Waals surface area contributed by atoms with Crippen molar-refractivity contribution in [3.63, 3.8) is 0 Å². The van der Waals surface area contributed by atoms with Gasteiger partial charge in [-0.05, 0) is 44.0 Å². The number of hydrogen-bond acceptors (Lipinski definition) is 3. The largest absolute Gasteiger partial charge is 0.223 e. The number of rotatable bonds is 8. The maximum Gasteiger partial charge on any atom is 0.183 e. The Morgan fingerprint density at radius 1 is 0.958 bits per heavy atom. The molecule has 0 atom stereocenters. The minimum Gasteiger partial charge on any atom is -0.223 e. The van der Waals surface area contributed by atoms with E-state index in [2.05, 4.69) is 13.8 Å². The first kappa shape index (κ1) is 18.8. The van der Waals surface area contributed by atoms with Crippen molar-refractivity contribution < 1.29 is 8.42 Å². The van der Waals surface area contributed by atoms with E-state index in [0.29, 0.717) is 4.90 Å². The molecular weight excluding hydrogens is 336 g/mol. The Labute approximate surface area is 149 Å². The lowest BCUT2D eigenvalue weighted by molar-refractivity contribution is 0.598. The second-order valence-corrected chi connectivity index (χ2v) is 8.95. The van der Waals surface area contributed by atoms with Crippen LogP contribution in [0.3, 0.4) is 0 Å². The molecule has 0 aliphatic rings. The molecular formula is C20H24O2S2. The number of sulfone groups is 1.